The summed E-state index contributed by atoms with van der Waals surface area (Å²) in [6.07, 6.45) is 7.00. The Morgan fingerprint density at radius 1 is 1.41 bits per heavy atom. The number of anilines is 1. The van der Waals surface area contributed by atoms with E-state index in [2.05, 4.69) is 33.7 Å². The summed E-state index contributed by atoms with van der Waals surface area (Å²) in [4.78, 5) is 26.1. The first-order valence-corrected chi connectivity index (χ1v) is 7.91. The van der Waals surface area contributed by atoms with E-state index in [1.54, 1.807) is 6.33 Å². The number of aromatic amines is 1. The number of amides is 1. The van der Waals surface area contributed by atoms with Gasteiger partial charge in [-0.2, -0.15) is 0 Å². The zero-order chi connectivity index (χ0) is 15.7. The number of H-pyrrole nitrogens is 1. The van der Waals surface area contributed by atoms with Crippen LogP contribution in [-0.2, 0) is 4.79 Å². The Morgan fingerprint density at radius 3 is 2.77 bits per heavy atom. The molecule has 0 unspecified atom stereocenters. The van der Waals surface area contributed by atoms with Crippen LogP contribution in [0.5, 0.6) is 0 Å². The molecule has 0 saturated carbocycles. The number of primary amides is 1. The summed E-state index contributed by atoms with van der Waals surface area (Å²) in [6, 6.07) is 0. The van der Waals surface area contributed by atoms with Gasteiger partial charge >= 0.3 is 0 Å². The average molecular weight is 301 g/mol. The predicted octanol–water partition coefficient (Wildman–Crippen LogP) is 2.14. The molecule has 118 valence electrons. The van der Waals surface area contributed by atoms with Gasteiger partial charge in [0.2, 0.25) is 5.91 Å². The lowest BCUT2D eigenvalue weighted by atomic mass is 9.74. The first kappa shape index (κ1) is 14.8. The van der Waals surface area contributed by atoms with Gasteiger partial charge in [0.1, 0.15) is 17.8 Å². The molecule has 0 atom stereocenters. The van der Waals surface area contributed by atoms with E-state index in [0.717, 1.165) is 61.2 Å². The van der Waals surface area contributed by atoms with Crippen molar-refractivity contribution in [3.05, 3.63) is 18.1 Å². The summed E-state index contributed by atoms with van der Waals surface area (Å²) in [5.41, 5.74) is 7.35. The Balaban J connectivity index is 1.86. The van der Waals surface area contributed by atoms with Gasteiger partial charge in [-0.05, 0) is 31.7 Å². The van der Waals surface area contributed by atoms with Crippen LogP contribution in [0.1, 0.15) is 38.2 Å². The third kappa shape index (κ3) is 2.32. The number of nitrogens with one attached hydrogen (secondary N) is 1. The van der Waals surface area contributed by atoms with E-state index in [0.29, 0.717) is 0 Å². The van der Waals surface area contributed by atoms with Gasteiger partial charge in [0.25, 0.3) is 0 Å². The number of hydrogen-bond acceptors (Lipinski definition) is 4. The molecule has 2 aromatic rings. The van der Waals surface area contributed by atoms with Crippen molar-refractivity contribution in [2.75, 3.05) is 18.0 Å². The lowest BCUT2D eigenvalue weighted by Crippen LogP contribution is -2.47. The Bertz CT molecular complexity index is 685. The second-order valence-electron chi connectivity index (χ2n) is 6.27. The number of nitrogens with zero attached hydrogens (tertiary/aromatic N) is 3. The highest BCUT2D eigenvalue weighted by Gasteiger charge is 2.39. The molecule has 0 spiro atoms. The van der Waals surface area contributed by atoms with Crippen molar-refractivity contribution in [2.45, 2.75) is 39.5 Å². The zero-order valence-corrected chi connectivity index (χ0v) is 13.2. The summed E-state index contributed by atoms with van der Waals surface area (Å²) >= 11 is 0. The van der Waals surface area contributed by atoms with Crippen molar-refractivity contribution in [1.82, 2.24) is 15.0 Å². The van der Waals surface area contributed by atoms with Crippen LogP contribution in [0, 0.1) is 12.3 Å². The van der Waals surface area contributed by atoms with E-state index in [1.807, 2.05) is 6.20 Å². The van der Waals surface area contributed by atoms with Crippen molar-refractivity contribution in [1.29, 1.82) is 0 Å². The summed E-state index contributed by atoms with van der Waals surface area (Å²) < 4.78 is 0. The van der Waals surface area contributed by atoms with Crippen molar-refractivity contribution < 1.29 is 4.79 Å². The Labute approximate surface area is 130 Å². The van der Waals surface area contributed by atoms with Gasteiger partial charge in [-0.1, -0.05) is 13.3 Å². The average Bonchev–Trinajstić information content (AvgIpc) is 2.90. The number of nitrogens with two attached hydrogens (primary N) is 1. The van der Waals surface area contributed by atoms with E-state index in [9.17, 15) is 4.79 Å². The molecule has 1 saturated heterocycles. The van der Waals surface area contributed by atoms with E-state index in [-0.39, 0.29) is 11.3 Å². The highest BCUT2D eigenvalue weighted by molar-refractivity contribution is 5.90. The normalized spacial score (nSPS) is 17.8. The minimum atomic E-state index is -0.343. The number of hydrogen-bond donors (Lipinski definition) is 2. The fourth-order valence-electron chi connectivity index (χ4n) is 3.58. The minimum absolute atomic E-state index is 0.153. The molecule has 1 amide bonds. The maximum atomic E-state index is 11.9. The minimum Gasteiger partial charge on any atom is -0.369 e. The second-order valence-corrected chi connectivity index (χ2v) is 6.27. The molecule has 0 aromatic carbocycles. The maximum Gasteiger partial charge on any atom is 0.223 e. The third-order valence-electron chi connectivity index (χ3n) is 4.92. The van der Waals surface area contributed by atoms with Crippen molar-refractivity contribution >= 4 is 22.8 Å². The Hall–Kier alpha value is -2.11. The molecule has 6 heteroatoms. The van der Waals surface area contributed by atoms with Crippen LogP contribution in [0.15, 0.2) is 12.5 Å². The van der Waals surface area contributed by atoms with Crippen LogP contribution >= 0.6 is 0 Å². The fraction of sp³-hybridized carbons (Fsp3) is 0.562. The first-order chi connectivity index (χ1) is 10.6. The summed E-state index contributed by atoms with van der Waals surface area (Å²) in [6.45, 7) is 5.77. The topological polar surface area (TPSA) is 87.9 Å². The molecule has 1 aliphatic heterocycles. The lowest BCUT2D eigenvalue weighted by Gasteiger charge is -2.40. The second kappa shape index (κ2) is 5.59. The molecule has 0 bridgehead atoms. The highest BCUT2D eigenvalue weighted by atomic mass is 16.1. The quantitative estimate of drug-likeness (QED) is 0.905. The molecule has 22 heavy (non-hydrogen) atoms. The van der Waals surface area contributed by atoms with Crippen LogP contribution in [-0.4, -0.2) is 33.9 Å². The summed E-state index contributed by atoms with van der Waals surface area (Å²) in [5, 5.41) is 1.07. The molecule has 3 N–H and O–H groups in total. The van der Waals surface area contributed by atoms with E-state index in [1.165, 1.54) is 0 Å². The third-order valence-corrected chi connectivity index (χ3v) is 4.92. The highest BCUT2D eigenvalue weighted by Crippen LogP contribution is 2.38. The fourth-order valence-corrected chi connectivity index (χ4v) is 3.58. The van der Waals surface area contributed by atoms with E-state index >= 15 is 0 Å². The molecule has 0 aliphatic carbocycles. The molecule has 3 heterocycles. The van der Waals surface area contributed by atoms with Gasteiger partial charge < -0.3 is 15.6 Å². The Kier molecular flexibility index (Phi) is 3.76. The van der Waals surface area contributed by atoms with Crippen LogP contribution < -0.4 is 10.6 Å². The molecule has 3 rings (SSSR count). The van der Waals surface area contributed by atoms with E-state index < -0.39 is 0 Å². The maximum absolute atomic E-state index is 11.9. The predicted molar refractivity (Wildman–Crippen MR) is 86.6 cm³/mol. The molecule has 6 nitrogen and oxygen atoms in total. The number of aromatic nitrogens is 3. The van der Waals surface area contributed by atoms with Gasteiger partial charge in [0, 0.05) is 19.3 Å². The number of piperidine rings is 1. The monoisotopic (exact) mass is 301 g/mol. The van der Waals surface area contributed by atoms with E-state index in [4.69, 9.17) is 5.73 Å². The van der Waals surface area contributed by atoms with Crippen LogP contribution in [0.25, 0.3) is 11.0 Å². The number of carbonyl (C=O) groups is 1. The smallest absolute Gasteiger partial charge is 0.223 e. The largest absolute Gasteiger partial charge is 0.369 e. The van der Waals surface area contributed by atoms with Crippen LogP contribution in [0.2, 0.25) is 0 Å². The SMILES string of the molecule is CCCC1(C(N)=O)CCN(c2ncnc3[nH]cc(C)c23)CC1. The molecular formula is C16H23N5O. The summed E-state index contributed by atoms with van der Waals surface area (Å²) in [5.74, 6) is 0.804. The van der Waals surface area contributed by atoms with Crippen molar-refractivity contribution in [3.8, 4) is 0 Å². The van der Waals surface area contributed by atoms with Gasteiger partial charge in [0.15, 0.2) is 0 Å². The number of rotatable bonds is 4. The van der Waals surface area contributed by atoms with Gasteiger partial charge in [-0.15, -0.1) is 0 Å². The molecule has 0 radical (unpaired) electrons. The van der Waals surface area contributed by atoms with Gasteiger partial charge in [-0.25, -0.2) is 9.97 Å². The first-order valence-electron chi connectivity index (χ1n) is 7.91. The number of carbonyl (C=O) groups excluding carboxylic acids is 1. The summed E-state index contributed by atoms with van der Waals surface area (Å²) in [7, 11) is 0. The van der Waals surface area contributed by atoms with Gasteiger partial charge in [0.05, 0.1) is 10.8 Å². The molecule has 1 fully saturated rings. The van der Waals surface area contributed by atoms with Crippen LogP contribution in [0.4, 0.5) is 5.82 Å². The van der Waals surface area contributed by atoms with Crippen LogP contribution in [0.3, 0.4) is 0 Å². The number of fused-ring (bicyclic) bond motifs is 1. The standard InChI is InChI=1S/C16H23N5O/c1-3-4-16(15(17)22)5-7-21(8-6-16)14-12-11(2)9-18-13(12)19-10-20-14/h9-10H,3-8H2,1-2H3,(H2,17,22)(H,18,19,20). The van der Waals surface area contributed by atoms with Crippen molar-refractivity contribution in [3.63, 3.8) is 0 Å². The molecule has 1 aliphatic rings. The van der Waals surface area contributed by atoms with Gasteiger partial charge in [-0.3, -0.25) is 4.79 Å². The van der Waals surface area contributed by atoms with Crippen molar-refractivity contribution in [2.24, 2.45) is 11.1 Å². The lowest BCUT2D eigenvalue weighted by molar-refractivity contribution is -0.129. The number of aryl methyl sites for hydroxylation is 1. The molecule has 2 aromatic heterocycles. The molecular weight excluding hydrogens is 278 g/mol. The Morgan fingerprint density at radius 2 is 2.14 bits per heavy atom. The zero-order valence-electron chi connectivity index (χ0n) is 13.2.